The van der Waals surface area contributed by atoms with Crippen LogP contribution in [0.4, 0.5) is 0 Å². The van der Waals surface area contributed by atoms with E-state index >= 15 is 0 Å². The smallest absolute Gasteiger partial charge is 0.791 e. The minimum atomic E-state index is 0. The predicted octanol–water partition coefficient (Wildman–Crippen LogP) is -3.06. The van der Waals surface area contributed by atoms with Crippen LogP contribution in [0, 0.1) is 0 Å². The van der Waals surface area contributed by atoms with Gasteiger partial charge in [-0.05, 0) is 39.3 Å². The SMILES string of the molecule is NCC[S-].NCC[S-].NCC[S-].NCC[S-].NCC[S-].NCC[S-].[Ir+3].[Ir+3].[Rh+3]. The van der Waals surface area contributed by atoms with Gasteiger partial charge in [-0.2, -0.15) is 34.5 Å². The molecule has 0 atom stereocenters. The fourth-order valence-electron chi connectivity index (χ4n) is 0. The molecule has 0 aliphatic carbocycles. The molecule has 6 nitrogen and oxygen atoms in total. The molecule has 0 saturated heterocycles. The summed E-state index contributed by atoms with van der Waals surface area (Å²) in [5.74, 6) is 4.08. The van der Waals surface area contributed by atoms with E-state index in [1.165, 1.54) is 0 Å². The van der Waals surface area contributed by atoms with Crippen LogP contribution in [-0.2, 0) is 135 Å². The van der Waals surface area contributed by atoms with Crippen molar-refractivity contribution in [2.45, 2.75) is 0 Å². The van der Waals surface area contributed by atoms with E-state index in [9.17, 15) is 0 Å². The Bertz CT molecular complexity index is 95.4. The summed E-state index contributed by atoms with van der Waals surface area (Å²) in [5.41, 5.74) is 29.5. The van der Waals surface area contributed by atoms with Gasteiger partial charge < -0.3 is 110 Å². The van der Waals surface area contributed by atoms with Crippen LogP contribution in [0.5, 0.6) is 0 Å². The average Bonchev–Trinajstić information content (AvgIpc) is 2.68. The fourth-order valence-corrected chi connectivity index (χ4v) is 0. The molecule has 0 unspecified atom stereocenters. The third-order valence-electron chi connectivity index (χ3n) is 0.707. The maximum Gasteiger partial charge on any atom is 3.00 e. The maximum absolute atomic E-state index is 4.92. The van der Waals surface area contributed by atoms with Crippen molar-refractivity contribution in [1.29, 1.82) is 0 Å². The molecule has 0 aromatic rings. The summed E-state index contributed by atoms with van der Waals surface area (Å²) >= 11 is 26.6. The van der Waals surface area contributed by atoms with E-state index in [1.54, 1.807) is 0 Å². The minimum Gasteiger partial charge on any atom is -0.791 e. The number of hydrogen-bond donors (Lipinski definition) is 6. The Labute approximate surface area is 241 Å². The first-order chi connectivity index (χ1) is 11.5. The van der Waals surface area contributed by atoms with Crippen molar-refractivity contribution in [1.82, 2.24) is 0 Å². The second kappa shape index (κ2) is 99.1. The van der Waals surface area contributed by atoms with Gasteiger partial charge in [0, 0.05) is 0 Å². The predicted molar refractivity (Wildman–Crippen MR) is 128 cm³/mol. The number of hydrogen-bond acceptors (Lipinski definition) is 12. The Balaban J connectivity index is -0.0000000201. The van der Waals surface area contributed by atoms with Gasteiger partial charge >= 0.3 is 59.7 Å². The van der Waals surface area contributed by atoms with Crippen LogP contribution in [0.1, 0.15) is 0 Å². The van der Waals surface area contributed by atoms with Gasteiger partial charge in [0.1, 0.15) is 0 Å². The second-order valence-corrected chi connectivity index (χ2v) is 5.41. The zero-order chi connectivity index (χ0) is 20.5. The molecule has 27 heavy (non-hydrogen) atoms. The molecule has 0 aliphatic heterocycles. The molecule has 12 N–H and O–H groups in total. The molecule has 0 aromatic carbocycles. The molecule has 0 bridgehead atoms. The number of rotatable bonds is 6. The van der Waals surface area contributed by atoms with Crippen LogP contribution < -0.4 is 34.4 Å². The average molecular weight is 944 g/mol. The van der Waals surface area contributed by atoms with Crippen molar-refractivity contribution in [2.24, 2.45) is 34.4 Å². The molecular weight excluding hydrogens is 908 g/mol. The van der Waals surface area contributed by atoms with Crippen LogP contribution in [0.3, 0.4) is 0 Å². The molecule has 174 valence electrons. The van der Waals surface area contributed by atoms with E-state index in [2.05, 4.69) is 75.8 Å². The van der Waals surface area contributed by atoms with Crippen LogP contribution in [0.25, 0.3) is 0 Å². The van der Waals surface area contributed by atoms with E-state index in [1.807, 2.05) is 0 Å². The zero-order valence-corrected chi connectivity index (χ0v) is 26.7. The van der Waals surface area contributed by atoms with Gasteiger partial charge in [0.25, 0.3) is 0 Å². The topological polar surface area (TPSA) is 156 Å². The van der Waals surface area contributed by atoms with E-state index in [0.717, 1.165) is 0 Å². The Kier molecular flexibility index (Phi) is 211. The largest absolute Gasteiger partial charge is 3.00 e. The molecule has 0 rings (SSSR count). The van der Waals surface area contributed by atoms with Crippen LogP contribution >= 0.6 is 0 Å². The number of nitrogens with two attached hydrogens (primary N) is 6. The molecule has 0 aromatic heterocycles. The van der Waals surface area contributed by atoms with Gasteiger partial charge in [-0.15, -0.1) is 0 Å². The van der Waals surface area contributed by atoms with Crippen molar-refractivity contribution in [3.8, 4) is 0 Å². The summed E-state index contributed by atoms with van der Waals surface area (Å²) in [4.78, 5) is 0. The summed E-state index contributed by atoms with van der Waals surface area (Å²) in [6, 6.07) is 0. The maximum atomic E-state index is 4.92. The van der Waals surface area contributed by atoms with Gasteiger partial charge in [0.2, 0.25) is 0 Å². The Hall–Kier alpha value is 3.78. The van der Waals surface area contributed by atoms with Gasteiger partial charge in [-0.3, -0.25) is 0 Å². The summed E-state index contributed by atoms with van der Waals surface area (Å²) in [5, 5.41) is 0. The zero-order valence-electron chi connectivity index (χ0n) is 15.4. The first-order valence-electron chi connectivity index (χ1n) is 7.18. The molecule has 0 aliphatic rings. The Morgan fingerprint density at radius 1 is 0.333 bits per heavy atom. The Morgan fingerprint density at radius 2 is 0.370 bits per heavy atom. The van der Waals surface area contributed by atoms with Crippen molar-refractivity contribution in [2.75, 3.05) is 73.8 Å². The Morgan fingerprint density at radius 3 is 0.370 bits per heavy atom. The van der Waals surface area contributed by atoms with E-state index in [0.29, 0.717) is 73.8 Å². The van der Waals surface area contributed by atoms with Crippen LogP contribution in [0.15, 0.2) is 0 Å². The van der Waals surface area contributed by atoms with E-state index in [-0.39, 0.29) is 59.7 Å². The summed E-state index contributed by atoms with van der Waals surface area (Å²) in [6.07, 6.45) is 0. The second-order valence-electron chi connectivity index (χ2n) is 2.96. The van der Waals surface area contributed by atoms with Gasteiger partial charge in [-0.25, -0.2) is 0 Å². The van der Waals surface area contributed by atoms with E-state index < -0.39 is 0 Å². The third-order valence-corrected chi connectivity index (χ3v) is 2.12. The van der Waals surface area contributed by atoms with Gasteiger partial charge in [0.05, 0.1) is 0 Å². The molecular formula is C12H36Ir2N6RhS6+3. The monoisotopic (exact) mass is 945 g/mol. The van der Waals surface area contributed by atoms with Crippen LogP contribution in [0.2, 0.25) is 0 Å². The molecule has 0 heterocycles. The minimum absolute atomic E-state index is 0. The van der Waals surface area contributed by atoms with Crippen molar-refractivity contribution < 1.29 is 59.7 Å². The molecule has 0 spiro atoms. The summed E-state index contributed by atoms with van der Waals surface area (Å²) in [6.45, 7) is 3.81. The summed E-state index contributed by atoms with van der Waals surface area (Å²) < 4.78 is 0. The fraction of sp³-hybridized carbons (Fsp3) is 1.00. The third kappa shape index (κ3) is 240. The first-order valence-corrected chi connectivity index (χ1v) is 10.6. The normalized spacial score (nSPS) is 6.67. The van der Waals surface area contributed by atoms with E-state index in [4.69, 9.17) is 34.4 Å². The van der Waals surface area contributed by atoms with Gasteiger partial charge in [0.15, 0.2) is 0 Å². The van der Waals surface area contributed by atoms with Gasteiger partial charge in [-0.1, -0.05) is 0 Å². The molecule has 15 heteroatoms. The standard InChI is InChI=1S/6C2H7NS.2Ir.Rh/c6*3-1-2-4;;;/h6*4H,1-3H2;;;/q;;;;;;3*+3/p-6. The first kappa shape index (κ1) is 57.5. The quantitative estimate of drug-likeness (QED) is 0.119. The van der Waals surface area contributed by atoms with Crippen molar-refractivity contribution >= 4 is 75.8 Å². The molecule has 0 saturated carbocycles. The molecule has 0 radical (unpaired) electrons. The van der Waals surface area contributed by atoms with Crippen LogP contribution in [-0.4, -0.2) is 73.8 Å². The van der Waals surface area contributed by atoms with Crippen molar-refractivity contribution in [3.63, 3.8) is 0 Å². The summed E-state index contributed by atoms with van der Waals surface area (Å²) in [7, 11) is 0. The molecule has 0 amide bonds. The molecule has 0 fully saturated rings. The van der Waals surface area contributed by atoms with Crippen molar-refractivity contribution in [3.05, 3.63) is 0 Å².